The van der Waals surface area contributed by atoms with Gasteiger partial charge >= 0.3 is 6.18 Å². The number of hydrogen-bond acceptors (Lipinski definition) is 1. The molecule has 3 aromatic rings. The lowest BCUT2D eigenvalue weighted by Crippen LogP contribution is -2.17. The fraction of sp³-hybridized carbons (Fsp3) is 0.0556. The number of nitrogens with one attached hydrogen (secondary N) is 1. The second kappa shape index (κ2) is 6.17. The smallest absolute Gasteiger partial charge is 0.321 e. The van der Waals surface area contributed by atoms with E-state index in [1.807, 2.05) is 18.2 Å². The van der Waals surface area contributed by atoms with Gasteiger partial charge in [0.25, 0.3) is 5.91 Å². The largest absolute Gasteiger partial charge is 0.418 e. The van der Waals surface area contributed by atoms with Gasteiger partial charge in [-0.25, -0.2) is 0 Å². The van der Waals surface area contributed by atoms with Crippen molar-refractivity contribution in [2.24, 2.45) is 0 Å². The first-order valence-electron chi connectivity index (χ1n) is 7.02. The molecule has 0 spiro atoms. The summed E-state index contributed by atoms with van der Waals surface area (Å²) in [5.41, 5.74) is -1.01. The van der Waals surface area contributed by atoms with Crippen molar-refractivity contribution < 1.29 is 18.0 Å². The second-order valence-corrected chi connectivity index (χ2v) is 5.60. The number of carbonyl (C=O) groups excluding carboxylic acids is 1. The number of hydrogen-bond donors (Lipinski definition) is 1. The van der Waals surface area contributed by atoms with E-state index in [-0.39, 0.29) is 10.7 Å². The van der Waals surface area contributed by atoms with Crippen molar-refractivity contribution in [1.82, 2.24) is 0 Å². The average molecular weight is 350 g/mol. The van der Waals surface area contributed by atoms with Crippen LogP contribution in [0.2, 0.25) is 5.02 Å². The molecule has 24 heavy (non-hydrogen) atoms. The van der Waals surface area contributed by atoms with Gasteiger partial charge in [0.05, 0.1) is 11.3 Å². The van der Waals surface area contributed by atoms with E-state index in [2.05, 4.69) is 5.32 Å². The third-order valence-corrected chi connectivity index (χ3v) is 3.80. The van der Waals surface area contributed by atoms with Crippen LogP contribution in [-0.4, -0.2) is 5.91 Å². The Balaban J connectivity index is 2.01. The van der Waals surface area contributed by atoms with Crippen molar-refractivity contribution in [3.8, 4) is 0 Å². The van der Waals surface area contributed by atoms with Gasteiger partial charge in [-0.05, 0) is 35.0 Å². The Bertz CT molecular complexity index is 916. The van der Waals surface area contributed by atoms with Gasteiger partial charge in [-0.1, -0.05) is 48.0 Å². The lowest BCUT2D eigenvalue weighted by atomic mass is 10.0. The molecule has 0 aliphatic rings. The maximum atomic E-state index is 13.1. The van der Waals surface area contributed by atoms with E-state index in [1.165, 1.54) is 6.07 Å². The maximum absolute atomic E-state index is 13.1. The van der Waals surface area contributed by atoms with Crippen molar-refractivity contribution in [1.29, 1.82) is 0 Å². The molecule has 0 aliphatic carbocycles. The third kappa shape index (κ3) is 3.21. The van der Waals surface area contributed by atoms with E-state index in [1.54, 1.807) is 24.3 Å². The van der Waals surface area contributed by atoms with Crippen LogP contribution < -0.4 is 5.32 Å². The topological polar surface area (TPSA) is 29.1 Å². The summed E-state index contributed by atoms with van der Waals surface area (Å²) >= 11 is 5.64. The second-order valence-electron chi connectivity index (χ2n) is 5.17. The molecule has 0 aliphatic heterocycles. The van der Waals surface area contributed by atoms with Crippen LogP contribution in [0.3, 0.4) is 0 Å². The van der Waals surface area contributed by atoms with Crippen LogP contribution in [0.1, 0.15) is 15.9 Å². The van der Waals surface area contributed by atoms with Crippen LogP contribution in [0.25, 0.3) is 10.8 Å². The molecule has 3 rings (SSSR count). The highest BCUT2D eigenvalue weighted by Gasteiger charge is 2.34. The SMILES string of the molecule is O=C(Nc1ccc(Cl)cc1C(F)(F)F)c1cccc2ccccc12. The summed E-state index contributed by atoms with van der Waals surface area (Å²) in [6, 6.07) is 15.5. The van der Waals surface area contributed by atoms with Gasteiger partial charge in [-0.2, -0.15) is 13.2 Å². The van der Waals surface area contributed by atoms with Gasteiger partial charge in [0.1, 0.15) is 0 Å². The molecule has 2 nitrogen and oxygen atoms in total. The molecule has 0 radical (unpaired) electrons. The van der Waals surface area contributed by atoms with E-state index >= 15 is 0 Å². The van der Waals surface area contributed by atoms with Crippen LogP contribution >= 0.6 is 11.6 Å². The fourth-order valence-corrected chi connectivity index (χ4v) is 2.65. The van der Waals surface area contributed by atoms with E-state index in [4.69, 9.17) is 11.6 Å². The minimum atomic E-state index is -4.62. The summed E-state index contributed by atoms with van der Waals surface area (Å²) in [5.74, 6) is -0.611. The summed E-state index contributed by atoms with van der Waals surface area (Å²) < 4.78 is 39.4. The highest BCUT2D eigenvalue weighted by Crippen LogP contribution is 2.36. The molecule has 0 fully saturated rings. The van der Waals surface area contributed by atoms with E-state index in [0.717, 1.165) is 17.5 Å². The van der Waals surface area contributed by atoms with Gasteiger partial charge in [0, 0.05) is 10.6 Å². The van der Waals surface area contributed by atoms with Gasteiger partial charge in [-0.3, -0.25) is 4.79 Å². The number of fused-ring (bicyclic) bond motifs is 1. The molecule has 0 unspecified atom stereocenters. The Morgan fingerprint density at radius 1 is 0.958 bits per heavy atom. The molecule has 122 valence electrons. The van der Waals surface area contributed by atoms with Crippen molar-refractivity contribution in [2.45, 2.75) is 6.18 Å². The quantitative estimate of drug-likeness (QED) is 0.625. The number of rotatable bonds is 2. The highest BCUT2D eigenvalue weighted by molar-refractivity contribution is 6.30. The molecule has 0 atom stereocenters. The molecule has 0 saturated carbocycles. The third-order valence-electron chi connectivity index (χ3n) is 3.57. The van der Waals surface area contributed by atoms with Crippen molar-refractivity contribution in [3.05, 3.63) is 76.8 Å². The zero-order valence-electron chi connectivity index (χ0n) is 12.2. The standard InChI is InChI=1S/C18H11ClF3NO/c19-12-8-9-16(15(10-12)18(20,21)22)23-17(24)14-7-3-5-11-4-1-2-6-13(11)14/h1-10H,(H,23,24). The molecular weight excluding hydrogens is 339 g/mol. The first-order chi connectivity index (χ1) is 11.4. The van der Waals surface area contributed by atoms with Gasteiger partial charge < -0.3 is 5.32 Å². The first kappa shape index (κ1) is 16.3. The lowest BCUT2D eigenvalue weighted by molar-refractivity contribution is -0.136. The molecule has 1 amide bonds. The van der Waals surface area contributed by atoms with Crippen molar-refractivity contribution >= 4 is 34.0 Å². The predicted octanol–water partition coefficient (Wildman–Crippen LogP) is 5.76. The molecule has 0 bridgehead atoms. The first-order valence-corrected chi connectivity index (χ1v) is 7.40. The number of carbonyl (C=O) groups is 1. The number of anilines is 1. The van der Waals surface area contributed by atoms with Crippen LogP contribution in [-0.2, 0) is 6.18 Å². The zero-order chi connectivity index (χ0) is 17.3. The Morgan fingerprint density at radius 3 is 2.42 bits per heavy atom. The Hall–Kier alpha value is -2.53. The van der Waals surface area contributed by atoms with Crippen LogP contribution in [0.4, 0.5) is 18.9 Å². The number of amides is 1. The molecular formula is C18H11ClF3NO. The number of benzene rings is 3. The maximum Gasteiger partial charge on any atom is 0.418 e. The Morgan fingerprint density at radius 2 is 1.67 bits per heavy atom. The summed E-state index contributed by atoms with van der Waals surface area (Å²) in [5, 5.41) is 3.78. The summed E-state index contributed by atoms with van der Waals surface area (Å²) in [4.78, 5) is 12.5. The van der Waals surface area contributed by atoms with Gasteiger partial charge in [-0.15, -0.1) is 0 Å². The van der Waals surface area contributed by atoms with Crippen molar-refractivity contribution in [3.63, 3.8) is 0 Å². The van der Waals surface area contributed by atoms with Crippen LogP contribution in [0.5, 0.6) is 0 Å². The zero-order valence-corrected chi connectivity index (χ0v) is 12.9. The molecule has 0 saturated heterocycles. The molecule has 1 N–H and O–H groups in total. The Labute approximate surface area is 140 Å². The normalized spacial score (nSPS) is 11.5. The fourth-order valence-electron chi connectivity index (χ4n) is 2.47. The highest BCUT2D eigenvalue weighted by atomic mass is 35.5. The van der Waals surface area contributed by atoms with Gasteiger partial charge in [0.2, 0.25) is 0 Å². The monoisotopic (exact) mass is 349 g/mol. The van der Waals surface area contributed by atoms with E-state index < -0.39 is 17.6 Å². The number of halogens is 4. The van der Waals surface area contributed by atoms with E-state index in [9.17, 15) is 18.0 Å². The Kier molecular flexibility index (Phi) is 4.20. The van der Waals surface area contributed by atoms with E-state index in [0.29, 0.717) is 10.9 Å². The van der Waals surface area contributed by atoms with Crippen molar-refractivity contribution in [2.75, 3.05) is 5.32 Å². The van der Waals surface area contributed by atoms with Crippen LogP contribution in [0.15, 0.2) is 60.7 Å². The average Bonchev–Trinajstić information content (AvgIpc) is 2.55. The molecule has 0 heterocycles. The molecule has 6 heteroatoms. The van der Waals surface area contributed by atoms with Gasteiger partial charge in [0.15, 0.2) is 0 Å². The van der Waals surface area contributed by atoms with Crippen LogP contribution in [0, 0.1) is 0 Å². The molecule has 0 aromatic heterocycles. The minimum Gasteiger partial charge on any atom is -0.321 e. The minimum absolute atomic E-state index is 0.0505. The summed E-state index contributed by atoms with van der Waals surface area (Å²) in [6.07, 6.45) is -4.62. The predicted molar refractivity (Wildman–Crippen MR) is 88.4 cm³/mol. The summed E-state index contributed by atoms with van der Waals surface area (Å²) in [6.45, 7) is 0. The number of alkyl halides is 3. The summed E-state index contributed by atoms with van der Waals surface area (Å²) in [7, 11) is 0. The lowest BCUT2D eigenvalue weighted by Gasteiger charge is -2.15. The molecule has 3 aromatic carbocycles.